The molecule has 3 aromatic rings. The monoisotopic (exact) mass is 261 g/mol. The summed E-state index contributed by atoms with van der Waals surface area (Å²) in [5.74, 6) is 0. The van der Waals surface area contributed by atoms with Gasteiger partial charge in [0.15, 0.2) is 0 Å². The van der Waals surface area contributed by atoms with Crippen LogP contribution in [0, 0.1) is 0 Å². The number of aromatic nitrogens is 2. The molecule has 4 nitrogen and oxygen atoms in total. The first kappa shape index (κ1) is 11.1. The Hall–Kier alpha value is -2.75. The molecule has 0 unspecified atom stereocenters. The summed E-state index contributed by atoms with van der Waals surface area (Å²) in [7, 11) is 1.54. The Labute approximate surface area is 115 Å². The highest BCUT2D eigenvalue weighted by Gasteiger charge is 2.28. The lowest BCUT2D eigenvalue weighted by atomic mass is 10.1. The Morgan fingerprint density at radius 1 is 0.800 bits per heavy atom. The maximum atomic E-state index is 4.97. The van der Waals surface area contributed by atoms with Crippen LogP contribution in [-0.2, 0) is 4.84 Å². The normalized spacial score (nSPS) is 14.3. The zero-order chi connectivity index (χ0) is 13.5. The van der Waals surface area contributed by atoms with Crippen molar-refractivity contribution >= 4 is 16.7 Å². The first-order valence-corrected chi connectivity index (χ1v) is 6.36. The van der Waals surface area contributed by atoms with E-state index in [1.54, 1.807) is 7.11 Å². The third-order valence-electron chi connectivity index (χ3n) is 3.41. The second-order valence-corrected chi connectivity index (χ2v) is 4.58. The highest BCUT2D eigenvalue weighted by Crippen LogP contribution is 2.35. The van der Waals surface area contributed by atoms with Crippen LogP contribution in [-0.4, -0.2) is 22.8 Å². The maximum Gasteiger partial charge on any atom is 0.138 e. The minimum Gasteiger partial charge on any atom is -0.399 e. The van der Waals surface area contributed by atoms with Crippen molar-refractivity contribution in [1.82, 2.24) is 9.97 Å². The van der Waals surface area contributed by atoms with Gasteiger partial charge >= 0.3 is 0 Å². The molecule has 20 heavy (non-hydrogen) atoms. The molecule has 0 amide bonds. The second kappa shape index (κ2) is 4.13. The Balaban J connectivity index is 2.10. The maximum absolute atomic E-state index is 4.97. The average molecular weight is 261 g/mol. The zero-order valence-corrected chi connectivity index (χ0v) is 10.9. The van der Waals surface area contributed by atoms with E-state index in [0.717, 1.165) is 39.3 Å². The number of para-hydroxylation sites is 2. The molecule has 0 fully saturated rings. The van der Waals surface area contributed by atoms with Crippen molar-refractivity contribution in [2.45, 2.75) is 0 Å². The van der Waals surface area contributed by atoms with Gasteiger partial charge in [0.25, 0.3) is 0 Å². The van der Waals surface area contributed by atoms with Crippen LogP contribution in [0.1, 0.15) is 11.3 Å². The molecule has 0 N–H and O–H groups in total. The summed E-state index contributed by atoms with van der Waals surface area (Å²) in [5.41, 5.74) is 6.22. The van der Waals surface area contributed by atoms with E-state index in [1.165, 1.54) is 0 Å². The minimum absolute atomic E-state index is 0.747. The van der Waals surface area contributed by atoms with Crippen LogP contribution in [0.25, 0.3) is 22.3 Å². The fourth-order valence-electron chi connectivity index (χ4n) is 2.56. The summed E-state index contributed by atoms with van der Waals surface area (Å²) in [6, 6.07) is 15.9. The van der Waals surface area contributed by atoms with Crippen LogP contribution in [0.4, 0.5) is 0 Å². The predicted octanol–water partition coefficient (Wildman–Crippen LogP) is 3.01. The molecule has 2 aromatic carbocycles. The summed E-state index contributed by atoms with van der Waals surface area (Å²) in [6.07, 6.45) is 0. The van der Waals surface area contributed by atoms with E-state index < -0.39 is 0 Å². The molecule has 0 bridgehead atoms. The van der Waals surface area contributed by atoms with Crippen molar-refractivity contribution in [2.24, 2.45) is 5.16 Å². The van der Waals surface area contributed by atoms with Crippen molar-refractivity contribution in [1.29, 1.82) is 0 Å². The molecule has 1 aliphatic carbocycles. The number of fused-ring (bicyclic) bond motifs is 4. The first-order valence-electron chi connectivity index (χ1n) is 6.36. The van der Waals surface area contributed by atoms with Crippen LogP contribution in [0.3, 0.4) is 0 Å². The van der Waals surface area contributed by atoms with Gasteiger partial charge in [-0.1, -0.05) is 41.6 Å². The fraction of sp³-hybridized carbons (Fsp3) is 0.0625. The lowest BCUT2D eigenvalue weighted by molar-refractivity contribution is 0.214. The van der Waals surface area contributed by atoms with Crippen molar-refractivity contribution in [2.75, 3.05) is 7.11 Å². The topological polar surface area (TPSA) is 47.4 Å². The van der Waals surface area contributed by atoms with E-state index >= 15 is 0 Å². The zero-order valence-electron chi connectivity index (χ0n) is 10.9. The molecule has 0 atom stereocenters. The molecule has 96 valence electrons. The molecule has 1 aliphatic rings. The molecule has 0 spiro atoms. The van der Waals surface area contributed by atoms with Gasteiger partial charge < -0.3 is 4.84 Å². The van der Waals surface area contributed by atoms with Crippen LogP contribution < -0.4 is 0 Å². The summed E-state index contributed by atoms with van der Waals surface area (Å²) in [4.78, 5) is 14.4. The Kier molecular flexibility index (Phi) is 2.29. The first-order chi connectivity index (χ1) is 9.88. The van der Waals surface area contributed by atoms with E-state index in [0.29, 0.717) is 0 Å². The predicted molar refractivity (Wildman–Crippen MR) is 77.6 cm³/mol. The number of hydrogen-bond donors (Lipinski definition) is 0. The van der Waals surface area contributed by atoms with Crippen molar-refractivity contribution in [3.63, 3.8) is 0 Å². The molecular weight excluding hydrogens is 250 g/mol. The fourth-order valence-corrected chi connectivity index (χ4v) is 2.56. The van der Waals surface area contributed by atoms with Gasteiger partial charge in [0.05, 0.1) is 16.7 Å². The lowest BCUT2D eigenvalue weighted by Crippen LogP contribution is -2.02. The van der Waals surface area contributed by atoms with E-state index in [-0.39, 0.29) is 0 Å². The highest BCUT2D eigenvalue weighted by molar-refractivity contribution is 6.23. The largest absolute Gasteiger partial charge is 0.399 e. The van der Waals surface area contributed by atoms with E-state index in [4.69, 9.17) is 14.8 Å². The van der Waals surface area contributed by atoms with Gasteiger partial charge in [-0.2, -0.15) is 0 Å². The summed E-state index contributed by atoms with van der Waals surface area (Å²) >= 11 is 0. The lowest BCUT2D eigenvalue weighted by Gasteiger charge is -2.02. The smallest absolute Gasteiger partial charge is 0.138 e. The molecule has 0 saturated heterocycles. The standard InChI is InChI=1S/C16H11N3O/c1-20-19-15-11-7-3-2-6-10(11)14-16(15)18-13-9-5-4-8-12(13)17-14/h2-9H,1H3/b19-15-. The summed E-state index contributed by atoms with van der Waals surface area (Å²) in [5, 5.41) is 4.13. The van der Waals surface area contributed by atoms with E-state index in [1.807, 2.05) is 48.5 Å². The van der Waals surface area contributed by atoms with Gasteiger partial charge in [-0.15, -0.1) is 0 Å². The molecule has 0 aliphatic heterocycles. The third-order valence-corrected chi connectivity index (χ3v) is 3.41. The van der Waals surface area contributed by atoms with Gasteiger partial charge in [0.2, 0.25) is 0 Å². The molecule has 0 saturated carbocycles. The third kappa shape index (κ3) is 1.45. The van der Waals surface area contributed by atoms with E-state index in [9.17, 15) is 0 Å². The molecule has 0 radical (unpaired) electrons. The SMILES string of the molecule is CO/N=C1/c2ccccc2-c2nc3ccccc3nc21. The van der Waals surface area contributed by atoms with E-state index in [2.05, 4.69) is 5.16 Å². The van der Waals surface area contributed by atoms with Gasteiger partial charge in [-0.3, -0.25) is 0 Å². The van der Waals surface area contributed by atoms with Gasteiger partial charge in [0, 0.05) is 11.1 Å². The highest BCUT2D eigenvalue weighted by atomic mass is 16.6. The van der Waals surface area contributed by atoms with Crippen LogP contribution in [0.15, 0.2) is 53.7 Å². The van der Waals surface area contributed by atoms with Crippen LogP contribution in [0.5, 0.6) is 0 Å². The van der Waals surface area contributed by atoms with Gasteiger partial charge in [0.1, 0.15) is 18.5 Å². The number of oxime groups is 1. The number of rotatable bonds is 1. The average Bonchev–Trinajstić information content (AvgIpc) is 2.80. The van der Waals surface area contributed by atoms with Crippen LogP contribution in [0.2, 0.25) is 0 Å². The molecular formula is C16H11N3O. The molecule has 1 heterocycles. The Morgan fingerprint density at radius 3 is 2.10 bits per heavy atom. The minimum atomic E-state index is 0.747. The van der Waals surface area contributed by atoms with Crippen molar-refractivity contribution in [3.05, 3.63) is 59.8 Å². The van der Waals surface area contributed by atoms with Crippen molar-refractivity contribution in [3.8, 4) is 11.3 Å². The number of hydrogen-bond acceptors (Lipinski definition) is 4. The summed E-state index contributed by atoms with van der Waals surface area (Å²) in [6.45, 7) is 0. The molecule has 4 heteroatoms. The number of nitrogens with zero attached hydrogens (tertiary/aromatic N) is 3. The molecule has 1 aromatic heterocycles. The van der Waals surface area contributed by atoms with Gasteiger partial charge in [-0.25, -0.2) is 9.97 Å². The van der Waals surface area contributed by atoms with Crippen LogP contribution >= 0.6 is 0 Å². The molecule has 4 rings (SSSR count). The summed E-state index contributed by atoms with van der Waals surface area (Å²) < 4.78 is 0. The quantitative estimate of drug-likeness (QED) is 0.495. The van der Waals surface area contributed by atoms with Crippen molar-refractivity contribution < 1.29 is 4.84 Å². The van der Waals surface area contributed by atoms with Gasteiger partial charge in [-0.05, 0) is 12.1 Å². The number of benzene rings is 2. The Morgan fingerprint density at radius 2 is 1.40 bits per heavy atom. The Bertz CT molecular complexity index is 855. The second-order valence-electron chi connectivity index (χ2n) is 4.58.